The second-order valence-electron chi connectivity index (χ2n) is 5.28. The van der Waals surface area contributed by atoms with E-state index in [0.717, 1.165) is 0 Å². The summed E-state index contributed by atoms with van der Waals surface area (Å²) in [7, 11) is 0. The van der Waals surface area contributed by atoms with E-state index in [9.17, 15) is 19.2 Å². The minimum absolute atomic E-state index is 0.236. The van der Waals surface area contributed by atoms with Crippen LogP contribution in [0.4, 0.5) is 0 Å². The Morgan fingerprint density at radius 2 is 1.35 bits per heavy atom. The highest BCUT2D eigenvalue weighted by Crippen LogP contribution is 2.31. The molecule has 0 aliphatic heterocycles. The predicted octanol–water partition coefficient (Wildman–Crippen LogP) is 2.59. The standard InChI is InChI=1S/C19H14O4/c1-19(13-21,18(23)15-10-6-3-7-11-15)16(12-20)17(22)14-8-4-2-5-9-14/h2-11,16H,1H3. The van der Waals surface area contributed by atoms with E-state index in [2.05, 4.69) is 0 Å². The summed E-state index contributed by atoms with van der Waals surface area (Å²) in [6.45, 7) is 1.24. The maximum Gasteiger partial charge on any atom is 0.214 e. The van der Waals surface area contributed by atoms with E-state index in [0.29, 0.717) is 0 Å². The molecule has 0 saturated carbocycles. The average molecular weight is 306 g/mol. The molecule has 0 aliphatic rings. The van der Waals surface area contributed by atoms with Crippen molar-refractivity contribution in [3.05, 3.63) is 71.8 Å². The van der Waals surface area contributed by atoms with Gasteiger partial charge in [-0.2, -0.15) is 0 Å². The first-order valence-corrected chi connectivity index (χ1v) is 7.00. The quantitative estimate of drug-likeness (QED) is 0.582. The molecule has 2 aromatic carbocycles. The summed E-state index contributed by atoms with van der Waals surface area (Å²) in [6, 6.07) is 16.1. The molecule has 2 rings (SSSR count). The zero-order valence-electron chi connectivity index (χ0n) is 12.5. The summed E-state index contributed by atoms with van der Waals surface area (Å²) in [5.41, 5.74) is -1.45. The van der Waals surface area contributed by atoms with Crippen molar-refractivity contribution in [3.63, 3.8) is 0 Å². The van der Waals surface area contributed by atoms with Crippen LogP contribution >= 0.6 is 0 Å². The van der Waals surface area contributed by atoms with Gasteiger partial charge in [-0.15, -0.1) is 0 Å². The number of hydrogen-bond acceptors (Lipinski definition) is 4. The Balaban J connectivity index is 2.44. The zero-order valence-corrected chi connectivity index (χ0v) is 12.5. The molecule has 2 radical (unpaired) electrons. The van der Waals surface area contributed by atoms with Crippen LogP contribution in [-0.4, -0.2) is 24.1 Å². The monoisotopic (exact) mass is 306 g/mol. The molecule has 2 atom stereocenters. The first-order chi connectivity index (χ1) is 11.0. The second kappa shape index (κ2) is 6.92. The van der Waals surface area contributed by atoms with Crippen molar-refractivity contribution in [3.8, 4) is 0 Å². The van der Waals surface area contributed by atoms with Crippen LogP contribution in [0.5, 0.6) is 0 Å². The van der Waals surface area contributed by atoms with Crippen LogP contribution in [0.25, 0.3) is 0 Å². The second-order valence-corrected chi connectivity index (χ2v) is 5.28. The van der Waals surface area contributed by atoms with Gasteiger partial charge in [-0.1, -0.05) is 60.7 Å². The highest BCUT2D eigenvalue weighted by atomic mass is 16.2. The van der Waals surface area contributed by atoms with E-state index < -0.39 is 22.9 Å². The third-order valence-electron chi connectivity index (χ3n) is 3.74. The highest BCUT2D eigenvalue weighted by molar-refractivity contribution is 6.17. The number of rotatable bonds is 7. The van der Waals surface area contributed by atoms with Crippen molar-refractivity contribution >= 4 is 24.1 Å². The third kappa shape index (κ3) is 3.16. The van der Waals surface area contributed by atoms with E-state index in [1.165, 1.54) is 31.2 Å². The molecule has 0 bridgehead atoms. The van der Waals surface area contributed by atoms with Crippen molar-refractivity contribution in [2.24, 2.45) is 11.3 Å². The summed E-state index contributed by atoms with van der Waals surface area (Å²) in [5.74, 6) is -2.81. The molecule has 0 N–H and O–H groups in total. The molecular weight excluding hydrogens is 292 g/mol. The Morgan fingerprint density at radius 1 is 0.870 bits per heavy atom. The van der Waals surface area contributed by atoms with Gasteiger partial charge in [0.05, 0.1) is 0 Å². The van der Waals surface area contributed by atoms with Crippen molar-refractivity contribution in [2.45, 2.75) is 6.92 Å². The SMILES string of the molecule is CC([C]=O)(C(=O)c1ccccc1)C([C]=O)C(=O)c1ccccc1. The molecule has 2 unspecified atom stereocenters. The molecule has 0 spiro atoms. The van der Waals surface area contributed by atoms with E-state index in [-0.39, 0.29) is 11.1 Å². The van der Waals surface area contributed by atoms with Gasteiger partial charge in [0.1, 0.15) is 11.3 Å². The topological polar surface area (TPSA) is 68.3 Å². The Kier molecular flexibility index (Phi) is 4.96. The van der Waals surface area contributed by atoms with Crippen LogP contribution in [-0.2, 0) is 9.59 Å². The molecule has 4 nitrogen and oxygen atoms in total. The summed E-state index contributed by atoms with van der Waals surface area (Å²) in [5, 5.41) is 0. The molecule has 114 valence electrons. The van der Waals surface area contributed by atoms with Crippen LogP contribution in [0.2, 0.25) is 0 Å². The number of ketones is 2. The van der Waals surface area contributed by atoms with Gasteiger partial charge >= 0.3 is 0 Å². The van der Waals surface area contributed by atoms with E-state index in [1.54, 1.807) is 49.0 Å². The molecule has 4 heteroatoms. The first-order valence-electron chi connectivity index (χ1n) is 7.00. The maximum atomic E-state index is 12.6. The first kappa shape index (κ1) is 16.5. The Morgan fingerprint density at radius 3 is 1.78 bits per heavy atom. The van der Waals surface area contributed by atoms with Gasteiger partial charge in [-0.3, -0.25) is 19.2 Å². The highest BCUT2D eigenvalue weighted by Gasteiger charge is 2.47. The number of benzene rings is 2. The Bertz CT molecular complexity index is 722. The molecule has 0 heterocycles. The van der Waals surface area contributed by atoms with Crippen LogP contribution in [0.1, 0.15) is 27.6 Å². The molecule has 0 aromatic heterocycles. The van der Waals surface area contributed by atoms with Gasteiger partial charge in [0.25, 0.3) is 0 Å². The van der Waals surface area contributed by atoms with Gasteiger partial charge in [-0.05, 0) is 6.92 Å². The Hall–Kier alpha value is -2.88. The smallest absolute Gasteiger partial charge is 0.214 e. The zero-order chi connectivity index (χ0) is 16.9. The minimum atomic E-state index is -1.92. The number of Topliss-reactive ketones (excluding diaryl/α,β-unsaturated/α-hetero) is 2. The van der Waals surface area contributed by atoms with E-state index >= 15 is 0 Å². The van der Waals surface area contributed by atoms with Gasteiger partial charge in [-0.25, -0.2) is 0 Å². The molecular formula is C19H14O4. The number of hydrogen-bond donors (Lipinski definition) is 0. The summed E-state index contributed by atoms with van der Waals surface area (Å²) < 4.78 is 0. The lowest BCUT2D eigenvalue weighted by Gasteiger charge is -2.25. The fourth-order valence-electron chi connectivity index (χ4n) is 2.33. The maximum absolute atomic E-state index is 12.6. The van der Waals surface area contributed by atoms with Crippen LogP contribution in [0, 0.1) is 11.3 Å². The van der Waals surface area contributed by atoms with Crippen molar-refractivity contribution < 1.29 is 19.2 Å². The predicted molar refractivity (Wildman–Crippen MR) is 84.5 cm³/mol. The average Bonchev–Trinajstić information content (AvgIpc) is 2.62. The normalized spacial score (nSPS) is 14.3. The lowest BCUT2D eigenvalue weighted by Crippen LogP contribution is -2.42. The fraction of sp³-hybridized carbons (Fsp3) is 0.158. The number of carbonyl (C=O) groups excluding carboxylic acids is 4. The van der Waals surface area contributed by atoms with Crippen LogP contribution in [0.15, 0.2) is 60.7 Å². The molecule has 0 aliphatic carbocycles. The third-order valence-corrected chi connectivity index (χ3v) is 3.74. The minimum Gasteiger partial charge on any atom is -0.293 e. The lowest BCUT2D eigenvalue weighted by atomic mass is 9.70. The Labute approximate surface area is 134 Å². The van der Waals surface area contributed by atoms with Gasteiger partial charge in [0.2, 0.25) is 12.6 Å². The lowest BCUT2D eigenvalue weighted by molar-refractivity contribution is 0.0768. The summed E-state index contributed by atoms with van der Waals surface area (Å²) >= 11 is 0. The summed E-state index contributed by atoms with van der Waals surface area (Å²) in [6.07, 6.45) is 3.16. The van der Waals surface area contributed by atoms with Gasteiger partial charge < -0.3 is 0 Å². The fourth-order valence-corrected chi connectivity index (χ4v) is 2.33. The molecule has 0 fully saturated rings. The largest absolute Gasteiger partial charge is 0.293 e. The van der Waals surface area contributed by atoms with Crippen LogP contribution < -0.4 is 0 Å². The number of carbonyl (C=O) groups is 2. The van der Waals surface area contributed by atoms with Crippen molar-refractivity contribution in [1.29, 1.82) is 0 Å². The van der Waals surface area contributed by atoms with Crippen LogP contribution in [0.3, 0.4) is 0 Å². The van der Waals surface area contributed by atoms with Gasteiger partial charge in [0, 0.05) is 11.1 Å². The summed E-state index contributed by atoms with van der Waals surface area (Å²) in [4.78, 5) is 48.0. The van der Waals surface area contributed by atoms with E-state index in [4.69, 9.17) is 0 Å². The van der Waals surface area contributed by atoms with Crippen molar-refractivity contribution in [2.75, 3.05) is 0 Å². The van der Waals surface area contributed by atoms with Crippen molar-refractivity contribution in [1.82, 2.24) is 0 Å². The molecule has 0 saturated heterocycles. The molecule has 0 amide bonds. The van der Waals surface area contributed by atoms with E-state index in [1.807, 2.05) is 0 Å². The molecule has 2 aromatic rings. The van der Waals surface area contributed by atoms with Gasteiger partial charge in [0.15, 0.2) is 11.6 Å². The molecule has 23 heavy (non-hydrogen) atoms.